The van der Waals surface area contributed by atoms with Crippen molar-refractivity contribution in [3.05, 3.63) is 134 Å². The molecule has 0 radical (unpaired) electrons. The summed E-state index contributed by atoms with van der Waals surface area (Å²) in [4.78, 5) is 4.81. The van der Waals surface area contributed by atoms with Crippen molar-refractivity contribution in [2.75, 3.05) is 9.80 Å². The van der Waals surface area contributed by atoms with Crippen LogP contribution in [0.5, 0.6) is 0 Å². The molecule has 2 nitrogen and oxygen atoms in total. The molecule has 0 spiro atoms. The van der Waals surface area contributed by atoms with E-state index in [2.05, 4.69) is 133 Å². The first-order chi connectivity index (χ1) is 16.8. The van der Waals surface area contributed by atoms with Crippen LogP contribution in [-0.2, 0) is 0 Å². The topological polar surface area (TPSA) is 6.48 Å². The summed E-state index contributed by atoms with van der Waals surface area (Å²) in [7, 11) is 0. The van der Waals surface area contributed by atoms with Crippen LogP contribution in [0.15, 0.2) is 134 Å². The maximum absolute atomic E-state index is 3.81. The lowest BCUT2D eigenvalue weighted by molar-refractivity contribution is 1.16. The lowest BCUT2D eigenvalue weighted by atomic mass is 9.33. The Labute approximate surface area is 201 Å². The minimum atomic E-state index is 0.186. The zero-order valence-electron chi connectivity index (χ0n) is 19.2. The number of hydrogen-bond acceptors (Lipinski definition) is 2. The highest BCUT2D eigenvalue weighted by atomic mass is 15.2. The van der Waals surface area contributed by atoms with Gasteiger partial charge in [0, 0.05) is 34.1 Å². The minimum Gasteiger partial charge on any atom is -0.315 e. The molecule has 34 heavy (non-hydrogen) atoms. The van der Waals surface area contributed by atoms with Crippen molar-refractivity contribution in [2.24, 2.45) is 0 Å². The Hall–Kier alpha value is -4.24. The first-order valence-electron chi connectivity index (χ1n) is 11.7. The number of allylic oxidation sites excluding steroid dienone is 5. The SMILES string of the molecule is C=C/C=C\C=C(/C)N1c2ccccc2B2c3ccccc3N(c3ccccc3)c3cccc1c32. The van der Waals surface area contributed by atoms with Crippen LogP contribution < -0.4 is 26.2 Å². The molecule has 2 aliphatic rings. The molecule has 4 aromatic rings. The molecule has 0 unspecified atom stereocenters. The van der Waals surface area contributed by atoms with Gasteiger partial charge in [-0.3, -0.25) is 0 Å². The smallest absolute Gasteiger partial charge is 0.252 e. The van der Waals surface area contributed by atoms with Gasteiger partial charge in [0.15, 0.2) is 0 Å². The standard InChI is InChI=1S/C31H25BN2/c1-3-4-6-14-23(2)33-27-19-11-9-17-25(27)32-26-18-10-12-20-28(26)34(24-15-7-5-8-16-24)30-22-13-21-29(33)31(30)32/h3-22H,1H2,2H3/b6-4-,23-14+. The predicted molar refractivity (Wildman–Crippen MR) is 147 cm³/mol. The van der Waals surface area contributed by atoms with E-state index in [0.29, 0.717) is 0 Å². The molecule has 162 valence electrons. The van der Waals surface area contributed by atoms with Crippen LogP contribution in [0.3, 0.4) is 0 Å². The second kappa shape index (κ2) is 8.28. The lowest BCUT2D eigenvalue weighted by Gasteiger charge is -2.44. The molecular formula is C31H25BN2. The molecule has 0 N–H and O–H groups in total. The Morgan fingerprint density at radius 3 is 2.06 bits per heavy atom. The molecule has 0 saturated carbocycles. The fraction of sp³-hybridized carbons (Fsp3) is 0.0323. The molecule has 0 saturated heterocycles. The van der Waals surface area contributed by atoms with Crippen molar-refractivity contribution in [1.82, 2.24) is 0 Å². The highest BCUT2D eigenvalue weighted by molar-refractivity contribution is 7.00. The van der Waals surface area contributed by atoms with Gasteiger partial charge >= 0.3 is 0 Å². The second-order valence-electron chi connectivity index (χ2n) is 8.70. The van der Waals surface area contributed by atoms with E-state index in [1.807, 2.05) is 12.2 Å². The van der Waals surface area contributed by atoms with Gasteiger partial charge in [0.2, 0.25) is 0 Å². The summed E-state index contributed by atoms with van der Waals surface area (Å²) >= 11 is 0. The van der Waals surface area contributed by atoms with E-state index in [9.17, 15) is 0 Å². The molecule has 6 rings (SSSR count). The summed E-state index contributed by atoms with van der Waals surface area (Å²) in [5.74, 6) is 0. The summed E-state index contributed by atoms with van der Waals surface area (Å²) in [6, 6.07) is 35.0. The molecule has 0 bridgehead atoms. The normalized spacial score (nSPS) is 14.0. The number of hydrogen-bond donors (Lipinski definition) is 0. The van der Waals surface area contributed by atoms with E-state index < -0.39 is 0 Å². The summed E-state index contributed by atoms with van der Waals surface area (Å²) < 4.78 is 0. The van der Waals surface area contributed by atoms with Gasteiger partial charge in [0.25, 0.3) is 6.71 Å². The van der Waals surface area contributed by atoms with Gasteiger partial charge in [-0.25, -0.2) is 0 Å². The van der Waals surface area contributed by atoms with Gasteiger partial charge in [0.05, 0.1) is 0 Å². The first-order valence-corrected chi connectivity index (χ1v) is 11.7. The van der Waals surface area contributed by atoms with Crippen molar-refractivity contribution in [2.45, 2.75) is 6.92 Å². The molecule has 2 aliphatic heterocycles. The van der Waals surface area contributed by atoms with Crippen LogP contribution in [0, 0.1) is 0 Å². The molecule has 4 aromatic carbocycles. The Kier molecular flexibility index (Phi) is 4.96. The second-order valence-corrected chi connectivity index (χ2v) is 8.70. The highest BCUT2D eigenvalue weighted by Crippen LogP contribution is 2.41. The molecule has 3 heteroatoms. The van der Waals surface area contributed by atoms with Crippen LogP contribution >= 0.6 is 0 Å². The number of para-hydroxylation sites is 3. The third-order valence-corrected chi connectivity index (χ3v) is 6.76. The zero-order valence-corrected chi connectivity index (χ0v) is 19.2. The molecule has 0 fully saturated rings. The van der Waals surface area contributed by atoms with Gasteiger partial charge in [-0.2, -0.15) is 0 Å². The van der Waals surface area contributed by atoms with Crippen molar-refractivity contribution in [1.29, 1.82) is 0 Å². The Balaban J connectivity index is 1.67. The van der Waals surface area contributed by atoms with E-state index in [1.54, 1.807) is 0 Å². The molecule has 0 aliphatic carbocycles. The predicted octanol–water partition coefficient (Wildman–Crippen LogP) is 6.08. The number of fused-ring (bicyclic) bond motifs is 4. The molecule has 2 heterocycles. The van der Waals surface area contributed by atoms with Crippen molar-refractivity contribution in [3.8, 4) is 0 Å². The fourth-order valence-electron chi connectivity index (χ4n) is 5.42. The molecule has 0 aromatic heterocycles. The van der Waals surface area contributed by atoms with E-state index in [4.69, 9.17) is 0 Å². The summed E-state index contributed by atoms with van der Waals surface area (Å²) in [6.07, 6.45) is 7.99. The Bertz CT molecular complexity index is 1450. The Morgan fingerprint density at radius 2 is 1.29 bits per heavy atom. The number of nitrogens with zero attached hydrogens (tertiary/aromatic N) is 2. The van der Waals surface area contributed by atoms with Crippen molar-refractivity contribution in [3.63, 3.8) is 0 Å². The molecular weight excluding hydrogens is 411 g/mol. The lowest BCUT2D eigenvalue weighted by Crippen LogP contribution is -2.61. The van der Waals surface area contributed by atoms with Gasteiger partial charge in [-0.05, 0) is 65.8 Å². The highest BCUT2D eigenvalue weighted by Gasteiger charge is 2.42. The van der Waals surface area contributed by atoms with Gasteiger partial charge in [0.1, 0.15) is 0 Å². The maximum Gasteiger partial charge on any atom is 0.252 e. The van der Waals surface area contributed by atoms with E-state index >= 15 is 0 Å². The molecule has 0 amide bonds. The average Bonchev–Trinajstić information content (AvgIpc) is 2.89. The third kappa shape index (κ3) is 3.05. The van der Waals surface area contributed by atoms with E-state index in [-0.39, 0.29) is 6.71 Å². The maximum atomic E-state index is 3.81. The number of anilines is 5. The summed E-state index contributed by atoms with van der Waals surface area (Å²) in [5, 5.41) is 0. The van der Waals surface area contributed by atoms with Crippen molar-refractivity contribution >= 4 is 51.5 Å². The number of rotatable bonds is 4. The van der Waals surface area contributed by atoms with Gasteiger partial charge in [-0.15, -0.1) is 0 Å². The van der Waals surface area contributed by atoms with Crippen LogP contribution in [0.2, 0.25) is 0 Å². The van der Waals surface area contributed by atoms with Gasteiger partial charge in [-0.1, -0.05) is 85.5 Å². The monoisotopic (exact) mass is 436 g/mol. The fourth-order valence-corrected chi connectivity index (χ4v) is 5.42. The van der Waals surface area contributed by atoms with E-state index in [0.717, 1.165) is 0 Å². The zero-order chi connectivity index (χ0) is 23.1. The summed E-state index contributed by atoms with van der Waals surface area (Å²) in [6.45, 7) is 6.17. The van der Waals surface area contributed by atoms with Gasteiger partial charge < -0.3 is 9.80 Å². The van der Waals surface area contributed by atoms with Crippen LogP contribution in [0.25, 0.3) is 0 Å². The third-order valence-electron chi connectivity index (χ3n) is 6.76. The summed E-state index contributed by atoms with van der Waals surface area (Å²) in [5.41, 5.74) is 11.3. The minimum absolute atomic E-state index is 0.186. The quantitative estimate of drug-likeness (QED) is 0.249. The van der Waals surface area contributed by atoms with Crippen LogP contribution in [-0.4, -0.2) is 6.71 Å². The van der Waals surface area contributed by atoms with E-state index in [1.165, 1.54) is 50.5 Å². The first kappa shape index (κ1) is 20.4. The largest absolute Gasteiger partial charge is 0.315 e. The molecule has 0 atom stereocenters. The number of benzene rings is 4. The van der Waals surface area contributed by atoms with Crippen LogP contribution in [0.1, 0.15) is 6.92 Å². The Morgan fingerprint density at radius 1 is 0.676 bits per heavy atom. The van der Waals surface area contributed by atoms with Crippen LogP contribution in [0.4, 0.5) is 28.4 Å². The average molecular weight is 436 g/mol. The van der Waals surface area contributed by atoms with Crippen molar-refractivity contribution < 1.29 is 0 Å².